The van der Waals surface area contributed by atoms with Gasteiger partial charge >= 0.3 is 0 Å². The fraction of sp³-hybridized carbons (Fsp3) is 0.917. The van der Waals surface area contributed by atoms with Crippen LogP contribution in [0.4, 0.5) is 0 Å². The Hall–Kier alpha value is -0.650. The molecule has 2 saturated heterocycles. The van der Waals surface area contributed by atoms with Crippen molar-refractivity contribution in [1.29, 1.82) is 0 Å². The van der Waals surface area contributed by atoms with Gasteiger partial charge in [0.15, 0.2) is 0 Å². The first kappa shape index (κ1) is 12.8. The van der Waals surface area contributed by atoms with Gasteiger partial charge in [-0.05, 0) is 12.5 Å². The summed E-state index contributed by atoms with van der Waals surface area (Å²) in [5.74, 6) is 0.934. The van der Waals surface area contributed by atoms with Crippen LogP contribution in [-0.2, 0) is 4.79 Å². The fourth-order valence-electron chi connectivity index (χ4n) is 2.71. The average Bonchev–Trinajstić information content (AvgIpc) is 2.76. The lowest BCUT2D eigenvalue weighted by Gasteiger charge is -2.36. The number of nitrogens with one attached hydrogen (secondary N) is 1. The van der Waals surface area contributed by atoms with E-state index in [1.54, 1.807) is 0 Å². The highest BCUT2D eigenvalue weighted by molar-refractivity contribution is 5.79. The minimum absolute atomic E-state index is 0.166. The largest absolute Gasteiger partial charge is 0.395 e. The molecule has 2 aliphatic heterocycles. The van der Waals surface area contributed by atoms with Gasteiger partial charge in [-0.15, -0.1) is 0 Å². The second kappa shape index (κ2) is 5.80. The molecule has 98 valence electrons. The predicted octanol–water partition coefficient (Wildman–Crippen LogP) is -1.02. The lowest BCUT2D eigenvalue weighted by atomic mass is 9.96. The zero-order valence-corrected chi connectivity index (χ0v) is 10.6. The summed E-state index contributed by atoms with van der Waals surface area (Å²) in [6.45, 7) is 8.26. The molecule has 17 heavy (non-hydrogen) atoms. The summed E-state index contributed by atoms with van der Waals surface area (Å²) in [7, 11) is 0. The molecule has 2 atom stereocenters. The van der Waals surface area contributed by atoms with Gasteiger partial charge < -0.3 is 15.3 Å². The molecule has 0 unspecified atom stereocenters. The van der Waals surface area contributed by atoms with E-state index in [2.05, 4.69) is 17.1 Å². The summed E-state index contributed by atoms with van der Waals surface area (Å²) in [6.07, 6.45) is 0. The Morgan fingerprint density at radius 3 is 2.53 bits per heavy atom. The van der Waals surface area contributed by atoms with Crippen LogP contribution in [0.5, 0.6) is 0 Å². The maximum absolute atomic E-state index is 12.3. The average molecular weight is 241 g/mol. The first-order valence-corrected chi connectivity index (χ1v) is 6.55. The molecule has 0 aromatic heterocycles. The second-order valence-electron chi connectivity index (χ2n) is 5.13. The van der Waals surface area contributed by atoms with Crippen LogP contribution >= 0.6 is 0 Å². The van der Waals surface area contributed by atoms with Crippen molar-refractivity contribution >= 4 is 5.91 Å². The second-order valence-corrected chi connectivity index (χ2v) is 5.13. The Kier molecular flexibility index (Phi) is 4.36. The number of nitrogens with zero attached hydrogens (tertiary/aromatic N) is 2. The molecule has 2 heterocycles. The molecule has 0 bridgehead atoms. The summed E-state index contributed by atoms with van der Waals surface area (Å²) in [5.41, 5.74) is 0. The van der Waals surface area contributed by atoms with Gasteiger partial charge in [-0.25, -0.2) is 0 Å². The van der Waals surface area contributed by atoms with Gasteiger partial charge in [-0.1, -0.05) is 6.92 Å². The maximum Gasteiger partial charge on any atom is 0.227 e. The monoisotopic (exact) mass is 241 g/mol. The molecule has 2 rings (SSSR count). The SMILES string of the molecule is C[C@@H]1CNC[C@H]1C(=O)N1CCN(CCO)CC1. The quantitative estimate of drug-likeness (QED) is 0.664. The van der Waals surface area contributed by atoms with E-state index in [1.807, 2.05) is 4.90 Å². The first-order valence-electron chi connectivity index (χ1n) is 6.55. The third-order valence-electron chi connectivity index (χ3n) is 3.93. The van der Waals surface area contributed by atoms with Crippen molar-refractivity contribution in [2.45, 2.75) is 6.92 Å². The third-order valence-corrected chi connectivity index (χ3v) is 3.93. The number of β-amino-alcohol motifs (C(OH)–C–C–N with tert-alkyl or cyclic N) is 1. The number of hydrogen-bond donors (Lipinski definition) is 2. The van der Waals surface area contributed by atoms with Crippen molar-refractivity contribution in [1.82, 2.24) is 15.1 Å². The minimum Gasteiger partial charge on any atom is -0.395 e. The van der Waals surface area contributed by atoms with E-state index >= 15 is 0 Å². The van der Waals surface area contributed by atoms with Crippen molar-refractivity contribution in [3.8, 4) is 0 Å². The number of aliphatic hydroxyl groups excluding tert-OH is 1. The molecular weight excluding hydrogens is 218 g/mol. The molecule has 0 saturated carbocycles. The molecule has 2 fully saturated rings. The van der Waals surface area contributed by atoms with Crippen molar-refractivity contribution < 1.29 is 9.90 Å². The smallest absolute Gasteiger partial charge is 0.227 e. The number of rotatable bonds is 3. The van der Waals surface area contributed by atoms with Crippen molar-refractivity contribution in [2.75, 3.05) is 52.4 Å². The topological polar surface area (TPSA) is 55.8 Å². The van der Waals surface area contributed by atoms with Crippen LogP contribution in [0.2, 0.25) is 0 Å². The van der Waals surface area contributed by atoms with Crippen LogP contribution in [0.3, 0.4) is 0 Å². The van der Waals surface area contributed by atoms with Gasteiger partial charge in [0.1, 0.15) is 0 Å². The number of amides is 1. The van der Waals surface area contributed by atoms with Crippen molar-refractivity contribution in [3.05, 3.63) is 0 Å². The lowest BCUT2D eigenvalue weighted by Crippen LogP contribution is -2.51. The van der Waals surface area contributed by atoms with Gasteiger partial charge in [0.05, 0.1) is 12.5 Å². The number of hydrogen-bond acceptors (Lipinski definition) is 4. The summed E-state index contributed by atoms with van der Waals surface area (Å²) in [6, 6.07) is 0. The number of carbonyl (C=O) groups is 1. The van der Waals surface area contributed by atoms with Gasteiger partial charge in [-0.2, -0.15) is 0 Å². The summed E-state index contributed by atoms with van der Waals surface area (Å²) in [4.78, 5) is 16.5. The molecule has 2 aliphatic rings. The molecule has 5 nitrogen and oxygen atoms in total. The van der Waals surface area contributed by atoms with E-state index in [4.69, 9.17) is 5.11 Å². The standard InChI is InChI=1S/C12H23N3O2/c1-10-8-13-9-11(10)12(17)15-4-2-14(3-5-15)6-7-16/h10-11,13,16H,2-9H2,1H3/t10-,11-/m1/s1. The molecule has 0 aromatic rings. The first-order chi connectivity index (χ1) is 8.22. The Morgan fingerprint density at radius 2 is 2.00 bits per heavy atom. The summed E-state index contributed by atoms with van der Waals surface area (Å²) >= 11 is 0. The van der Waals surface area contributed by atoms with Crippen molar-refractivity contribution in [3.63, 3.8) is 0 Å². The van der Waals surface area contributed by atoms with E-state index in [-0.39, 0.29) is 12.5 Å². The summed E-state index contributed by atoms with van der Waals surface area (Å²) < 4.78 is 0. The van der Waals surface area contributed by atoms with E-state index in [9.17, 15) is 4.79 Å². The van der Waals surface area contributed by atoms with E-state index in [1.165, 1.54) is 0 Å². The normalized spacial score (nSPS) is 30.8. The molecule has 0 spiro atoms. The molecule has 0 aliphatic carbocycles. The van der Waals surface area contributed by atoms with Crippen LogP contribution in [0, 0.1) is 11.8 Å². The van der Waals surface area contributed by atoms with Crippen LogP contribution in [0.1, 0.15) is 6.92 Å². The van der Waals surface area contributed by atoms with E-state index in [0.29, 0.717) is 11.8 Å². The van der Waals surface area contributed by atoms with Gasteiger partial charge in [-0.3, -0.25) is 9.69 Å². The van der Waals surface area contributed by atoms with Gasteiger partial charge in [0.2, 0.25) is 5.91 Å². The zero-order valence-electron chi connectivity index (χ0n) is 10.6. The van der Waals surface area contributed by atoms with E-state index < -0.39 is 0 Å². The van der Waals surface area contributed by atoms with Crippen LogP contribution in [-0.4, -0.2) is 73.2 Å². The van der Waals surface area contributed by atoms with Gasteiger partial charge in [0, 0.05) is 39.3 Å². The van der Waals surface area contributed by atoms with Crippen molar-refractivity contribution in [2.24, 2.45) is 11.8 Å². The molecular formula is C12H23N3O2. The Labute approximate surface area is 103 Å². The fourth-order valence-corrected chi connectivity index (χ4v) is 2.71. The minimum atomic E-state index is 0.166. The zero-order chi connectivity index (χ0) is 12.3. The number of aliphatic hydroxyl groups is 1. The number of piperazine rings is 1. The molecule has 0 radical (unpaired) electrons. The third kappa shape index (κ3) is 2.97. The molecule has 1 amide bonds. The highest BCUT2D eigenvalue weighted by atomic mass is 16.3. The molecule has 5 heteroatoms. The Balaban J connectivity index is 1.82. The highest BCUT2D eigenvalue weighted by Crippen LogP contribution is 2.19. The molecule has 0 aromatic carbocycles. The van der Waals surface area contributed by atoms with E-state index in [0.717, 1.165) is 45.8 Å². The van der Waals surface area contributed by atoms with Crippen LogP contribution in [0.15, 0.2) is 0 Å². The molecule has 2 N–H and O–H groups in total. The predicted molar refractivity (Wildman–Crippen MR) is 65.6 cm³/mol. The van der Waals surface area contributed by atoms with Gasteiger partial charge in [0.25, 0.3) is 0 Å². The van der Waals surface area contributed by atoms with Crippen LogP contribution < -0.4 is 5.32 Å². The Morgan fingerprint density at radius 1 is 1.29 bits per heavy atom. The lowest BCUT2D eigenvalue weighted by molar-refractivity contribution is -0.137. The Bertz CT molecular complexity index is 264. The van der Waals surface area contributed by atoms with Crippen LogP contribution in [0.25, 0.3) is 0 Å². The summed E-state index contributed by atoms with van der Waals surface area (Å²) in [5, 5.41) is 12.2. The maximum atomic E-state index is 12.3. The highest BCUT2D eigenvalue weighted by Gasteiger charge is 2.33. The number of carbonyl (C=O) groups excluding carboxylic acids is 1.